The van der Waals surface area contributed by atoms with Crippen molar-refractivity contribution in [2.75, 3.05) is 16.8 Å². The summed E-state index contributed by atoms with van der Waals surface area (Å²) in [4.78, 5) is 24.9. The predicted octanol–water partition coefficient (Wildman–Crippen LogP) is 2.36. The van der Waals surface area contributed by atoms with Crippen molar-refractivity contribution in [1.29, 1.82) is 0 Å². The Morgan fingerprint density at radius 2 is 2.07 bits per heavy atom. The van der Waals surface area contributed by atoms with Crippen LogP contribution in [0.3, 0.4) is 0 Å². The Morgan fingerprint density at radius 1 is 1.31 bits per heavy atom. The molecule has 10 heteroatoms. The molecule has 1 aromatic carbocycles. The van der Waals surface area contributed by atoms with Crippen molar-refractivity contribution < 1.29 is 22.0 Å². The highest BCUT2D eigenvalue weighted by Crippen LogP contribution is 2.29. The third-order valence-electron chi connectivity index (χ3n) is 5.03. The van der Waals surface area contributed by atoms with Gasteiger partial charge >= 0.3 is 0 Å². The standard InChI is InChI=1S/C19H18FN3O5S/c1-10-18(11(2)23(22-10)13-5-6-29(26,27)9-13)21-19(25)17-8-15(24)14-4-3-12(20)7-16(14)28-17/h3-4,7-8,13H,5-6,9H2,1-2H3,(H,21,25). The highest BCUT2D eigenvalue weighted by atomic mass is 32.2. The van der Waals surface area contributed by atoms with E-state index in [0.717, 1.165) is 18.2 Å². The van der Waals surface area contributed by atoms with E-state index in [1.54, 1.807) is 18.5 Å². The SMILES string of the molecule is Cc1nn(C2CCS(=O)(=O)C2)c(C)c1NC(=O)c1cc(=O)c2ccc(F)cc2o1. The van der Waals surface area contributed by atoms with E-state index in [-0.39, 0.29) is 34.3 Å². The average molecular weight is 419 g/mol. The molecule has 3 aromatic rings. The van der Waals surface area contributed by atoms with E-state index in [2.05, 4.69) is 10.4 Å². The fourth-order valence-electron chi connectivity index (χ4n) is 3.58. The number of nitrogens with zero attached hydrogens (tertiary/aromatic N) is 2. The van der Waals surface area contributed by atoms with Crippen LogP contribution < -0.4 is 10.7 Å². The van der Waals surface area contributed by atoms with E-state index < -0.39 is 27.0 Å². The summed E-state index contributed by atoms with van der Waals surface area (Å²) < 4.78 is 44.0. The highest BCUT2D eigenvalue weighted by Gasteiger charge is 2.31. The molecule has 0 bridgehead atoms. The van der Waals surface area contributed by atoms with Gasteiger partial charge in [-0.3, -0.25) is 14.3 Å². The van der Waals surface area contributed by atoms with Crippen molar-refractivity contribution in [1.82, 2.24) is 9.78 Å². The van der Waals surface area contributed by atoms with Gasteiger partial charge in [0.1, 0.15) is 11.4 Å². The summed E-state index contributed by atoms with van der Waals surface area (Å²) in [6, 6.07) is 4.25. The number of hydrogen-bond donors (Lipinski definition) is 1. The smallest absolute Gasteiger partial charge is 0.291 e. The van der Waals surface area contributed by atoms with E-state index in [0.29, 0.717) is 23.5 Å². The Hall–Kier alpha value is -3.01. The molecule has 1 aliphatic rings. The maximum Gasteiger partial charge on any atom is 0.291 e. The van der Waals surface area contributed by atoms with Crippen LogP contribution >= 0.6 is 0 Å². The summed E-state index contributed by atoms with van der Waals surface area (Å²) in [6.45, 7) is 3.42. The highest BCUT2D eigenvalue weighted by molar-refractivity contribution is 7.91. The van der Waals surface area contributed by atoms with Crippen LogP contribution in [0.15, 0.2) is 33.5 Å². The topological polar surface area (TPSA) is 111 Å². The van der Waals surface area contributed by atoms with Gasteiger partial charge in [0, 0.05) is 12.1 Å². The molecule has 1 fully saturated rings. The van der Waals surface area contributed by atoms with Crippen molar-refractivity contribution in [2.24, 2.45) is 0 Å². The molecule has 0 radical (unpaired) electrons. The summed E-state index contributed by atoms with van der Waals surface area (Å²) in [5.74, 6) is -1.41. The lowest BCUT2D eigenvalue weighted by Crippen LogP contribution is -2.17. The summed E-state index contributed by atoms with van der Waals surface area (Å²) in [5, 5.41) is 7.22. The van der Waals surface area contributed by atoms with Crippen LogP contribution in [-0.2, 0) is 9.84 Å². The van der Waals surface area contributed by atoms with Crippen LogP contribution in [0.2, 0.25) is 0 Å². The second-order valence-corrected chi connectivity index (χ2v) is 9.35. The molecule has 1 aliphatic heterocycles. The van der Waals surface area contributed by atoms with Gasteiger partial charge in [0.15, 0.2) is 21.0 Å². The number of carbonyl (C=O) groups excluding carboxylic acids is 1. The van der Waals surface area contributed by atoms with E-state index in [4.69, 9.17) is 4.42 Å². The molecule has 1 N–H and O–H groups in total. The van der Waals surface area contributed by atoms with Crippen LogP contribution in [0.1, 0.15) is 34.4 Å². The first kappa shape index (κ1) is 19.3. The molecule has 1 amide bonds. The Balaban J connectivity index is 1.66. The lowest BCUT2D eigenvalue weighted by molar-refractivity contribution is 0.0997. The van der Waals surface area contributed by atoms with Crippen LogP contribution in [-0.4, -0.2) is 35.6 Å². The van der Waals surface area contributed by atoms with Crippen LogP contribution in [0.5, 0.6) is 0 Å². The number of anilines is 1. The quantitative estimate of drug-likeness (QED) is 0.698. The van der Waals surface area contributed by atoms with Crippen LogP contribution in [0, 0.1) is 19.7 Å². The Morgan fingerprint density at radius 3 is 2.76 bits per heavy atom. The number of amides is 1. The summed E-state index contributed by atoms with van der Waals surface area (Å²) in [7, 11) is -3.09. The number of sulfone groups is 1. The number of carbonyl (C=O) groups is 1. The monoisotopic (exact) mass is 419 g/mol. The van der Waals surface area contributed by atoms with E-state index >= 15 is 0 Å². The molecule has 3 heterocycles. The second-order valence-electron chi connectivity index (χ2n) is 7.12. The molecule has 0 aliphatic carbocycles. The molecule has 1 atom stereocenters. The molecule has 29 heavy (non-hydrogen) atoms. The Kier molecular flexibility index (Phi) is 4.53. The predicted molar refractivity (Wildman–Crippen MR) is 104 cm³/mol. The number of nitrogens with one attached hydrogen (secondary N) is 1. The lowest BCUT2D eigenvalue weighted by atomic mass is 10.2. The molecule has 1 saturated heterocycles. The summed E-state index contributed by atoms with van der Waals surface area (Å²) >= 11 is 0. The van der Waals surface area contributed by atoms with Crippen molar-refractivity contribution in [3.05, 3.63) is 57.5 Å². The average Bonchev–Trinajstić information content (AvgIpc) is 3.14. The first-order chi connectivity index (χ1) is 13.6. The minimum atomic E-state index is -3.09. The lowest BCUT2D eigenvalue weighted by Gasteiger charge is -2.11. The minimum absolute atomic E-state index is 0.00740. The van der Waals surface area contributed by atoms with E-state index in [9.17, 15) is 22.4 Å². The first-order valence-corrected chi connectivity index (χ1v) is 10.8. The third kappa shape index (κ3) is 3.55. The zero-order valence-electron chi connectivity index (χ0n) is 15.7. The molecule has 8 nitrogen and oxygen atoms in total. The van der Waals surface area contributed by atoms with Crippen molar-refractivity contribution in [2.45, 2.75) is 26.3 Å². The number of hydrogen-bond acceptors (Lipinski definition) is 6. The van der Waals surface area contributed by atoms with Crippen molar-refractivity contribution in [3.63, 3.8) is 0 Å². The van der Waals surface area contributed by atoms with Gasteiger partial charge in [0.2, 0.25) is 0 Å². The maximum absolute atomic E-state index is 13.4. The largest absolute Gasteiger partial charge is 0.451 e. The minimum Gasteiger partial charge on any atom is -0.451 e. The molecular weight excluding hydrogens is 401 g/mol. The number of halogens is 1. The van der Waals surface area contributed by atoms with Crippen molar-refractivity contribution >= 4 is 32.4 Å². The van der Waals surface area contributed by atoms with Gasteiger partial charge in [-0.25, -0.2) is 12.8 Å². The Bertz CT molecular complexity index is 1310. The van der Waals surface area contributed by atoms with E-state index in [1.807, 2.05) is 0 Å². The van der Waals surface area contributed by atoms with Crippen LogP contribution in [0.4, 0.5) is 10.1 Å². The van der Waals surface area contributed by atoms with Gasteiger partial charge in [0.05, 0.1) is 40.0 Å². The number of aryl methyl sites for hydroxylation is 1. The molecule has 2 aromatic heterocycles. The fourth-order valence-corrected chi connectivity index (χ4v) is 5.28. The maximum atomic E-state index is 13.4. The molecule has 1 unspecified atom stereocenters. The Labute approximate surface area is 165 Å². The third-order valence-corrected chi connectivity index (χ3v) is 6.78. The molecular formula is C19H18FN3O5S. The van der Waals surface area contributed by atoms with Crippen molar-refractivity contribution in [3.8, 4) is 0 Å². The van der Waals surface area contributed by atoms with Crippen LogP contribution in [0.25, 0.3) is 11.0 Å². The van der Waals surface area contributed by atoms with Gasteiger partial charge in [0.25, 0.3) is 5.91 Å². The number of fused-ring (bicyclic) bond motifs is 1. The fraction of sp³-hybridized carbons (Fsp3) is 0.316. The first-order valence-electron chi connectivity index (χ1n) is 8.95. The summed E-state index contributed by atoms with van der Waals surface area (Å²) in [6.07, 6.45) is 0.461. The number of rotatable bonds is 3. The normalized spacial score (nSPS) is 18.2. The van der Waals surface area contributed by atoms with Gasteiger partial charge in [-0.05, 0) is 32.4 Å². The van der Waals surface area contributed by atoms with Gasteiger partial charge < -0.3 is 9.73 Å². The molecule has 4 rings (SSSR count). The zero-order valence-corrected chi connectivity index (χ0v) is 16.5. The molecule has 0 spiro atoms. The number of benzene rings is 1. The molecule has 152 valence electrons. The number of aromatic nitrogens is 2. The van der Waals surface area contributed by atoms with Gasteiger partial charge in [-0.1, -0.05) is 0 Å². The zero-order chi connectivity index (χ0) is 20.9. The second kappa shape index (κ2) is 6.80. The summed E-state index contributed by atoms with van der Waals surface area (Å²) in [5.41, 5.74) is 1.04. The van der Waals surface area contributed by atoms with E-state index in [1.165, 1.54) is 6.07 Å². The van der Waals surface area contributed by atoms with Gasteiger partial charge in [-0.2, -0.15) is 5.10 Å². The molecule has 0 saturated carbocycles. The van der Waals surface area contributed by atoms with Gasteiger partial charge in [-0.15, -0.1) is 0 Å².